The van der Waals surface area contributed by atoms with Gasteiger partial charge in [0.25, 0.3) is 0 Å². The van der Waals surface area contributed by atoms with Crippen LogP contribution in [-0.4, -0.2) is 13.2 Å². The molecule has 0 radical (unpaired) electrons. The van der Waals surface area contributed by atoms with Gasteiger partial charge in [-0.2, -0.15) is 8.78 Å². The van der Waals surface area contributed by atoms with Crippen LogP contribution in [0.2, 0.25) is 0 Å². The van der Waals surface area contributed by atoms with Crippen LogP contribution in [0.4, 0.5) is 8.78 Å². The number of terminal acetylenes is 1. The monoisotopic (exact) mass is 394 g/mol. The van der Waals surface area contributed by atoms with E-state index in [9.17, 15) is 8.78 Å². The zero-order valence-electron chi connectivity index (χ0n) is 15.8. The first-order valence-corrected chi connectivity index (χ1v) is 9.24. The largest absolute Gasteiger partial charge is 0.480 e. The van der Waals surface area contributed by atoms with Gasteiger partial charge in [0.05, 0.1) is 0 Å². The minimum absolute atomic E-state index is 0.0162. The molecule has 0 aliphatic heterocycles. The van der Waals surface area contributed by atoms with E-state index < -0.39 is 6.61 Å². The maximum absolute atomic E-state index is 12.4. The first kappa shape index (κ1) is 20.4. The fourth-order valence-electron chi connectivity index (χ4n) is 3.16. The normalized spacial score (nSPS) is 11.7. The Kier molecular flexibility index (Phi) is 7.21. The Morgan fingerprint density at radius 3 is 2.21 bits per heavy atom. The van der Waals surface area contributed by atoms with Crippen molar-refractivity contribution in [3.63, 3.8) is 0 Å². The molecule has 2 N–H and O–H groups in total. The van der Waals surface area contributed by atoms with Crippen LogP contribution in [0.25, 0.3) is 0 Å². The number of hydrogen-bond donors (Lipinski definition) is 1. The second-order valence-electron chi connectivity index (χ2n) is 6.38. The summed E-state index contributed by atoms with van der Waals surface area (Å²) in [6.45, 7) is -1.96. The first-order chi connectivity index (χ1) is 14.2. The number of alkyl halides is 2. The number of ether oxygens (including phenoxy) is 2. The van der Waals surface area contributed by atoms with E-state index in [1.807, 2.05) is 66.7 Å². The summed E-state index contributed by atoms with van der Waals surface area (Å²) in [6.07, 6.45) is 5.30. The molecular formula is C24H22F2NO2+. The van der Waals surface area contributed by atoms with Gasteiger partial charge in [0.1, 0.15) is 30.7 Å². The molecule has 0 aromatic heterocycles. The van der Waals surface area contributed by atoms with Gasteiger partial charge in [-0.05, 0) is 36.4 Å². The fraction of sp³-hybridized carbons (Fsp3) is 0.167. The lowest BCUT2D eigenvalue weighted by Gasteiger charge is -2.18. The predicted molar refractivity (Wildman–Crippen MR) is 108 cm³/mol. The van der Waals surface area contributed by atoms with Crippen molar-refractivity contribution in [2.45, 2.75) is 19.2 Å². The van der Waals surface area contributed by atoms with Gasteiger partial charge < -0.3 is 14.8 Å². The average molecular weight is 394 g/mol. The van der Waals surface area contributed by atoms with Gasteiger partial charge >= 0.3 is 6.61 Å². The van der Waals surface area contributed by atoms with Gasteiger partial charge in [-0.1, -0.05) is 48.4 Å². The second kappa shape index (κ2) is 10.3. The molecule has 3 nitrogen and oxygen atoms in total. The van der Waals surface area contributed by atoms with Crippen LogP contribution in [0.3, 0.4) is 0 Å². The zero-order valence-corrected chi connectivity index (χ0v) is 15.8. The molecule has 0 heterocycles. The van der Waals surface area contributed by atoms with Crippen LogP contribution in [0.5, 0.6) is 11.5 Å². The summed E-state index contributed by atoms with van der Waals surface area (Å²) in [7, 11) is 0. The van der Waals surface area contributed by atoms with Gasteiger partial charge in [-0.15, -0.1) is 6.42 Å². The molecule has 0 aliphatic rings. The molecule has 0 saturated heterocycles. The Balaban J connectivity index is 1.82. The molecule has 3 aromatic rings. The van der Waals surface area contributed by atoms with Gasteiger partial charge in [-0.3, -0.25) is 0 Å². The van der Waals surface area contributed by atoms with E-state index in [1.165, 1.54) is 0 Å². The topological polar surface area (TPSA) is 35.1 Å². The lowest BCUT2D eigenvalue weighted by atomic mass is 9.98. The van der Waals surface area contributed by atoms with Crippen LogP contribution >= 0.6 is 0 Å². The van der Waals surface area contributed by atoms with Crippen molar-refractivity contribution in [3.8, 4) is 23.8 Å². The lowest BCUT2D eigenvalue weighted by Crippen LogP contribution is -2.83. The number of quaternary nitrogens is 1. The van der Waals surface area contributed by atoms with Crippen molar-refractivity contribution in [1.82, 2.24) is 0 Å². The molecule has 0 bridgehead atoms. The molecule has 3 rings (SSSR count). The standard InChI is InChI=1S/C24H21F2NO2/c1-2-16-28-22-11-7-6-10-20(22)17-27-23(18-8-4-3-5-9-18)19-12-14-21(15-13-19)29-24(25)26/h1,3-15,23-24,27H,16-17H2/p+1/t23-/m0/s1. The highest BCUT2D eigenvalue weighted by Gasteiger charge is 2.19. The maximum atomic E-state index is 12.4. The van der Waals surface area contributed by atoms with Crippen molar-refractivity contribution in [2.24, 2.45) is 0 Å². The van der Waals surface area contributed by atoms with Crippen LogP contribution in [0, 0.1) is 12.3 Å². The van der Waals surface area contributed by atoms with E-state index in [-0.39, 0.29) is 18.4 Å². The Morgan fingerprint density at radius 1 is 0.862 bits per heavy atom. The summed E-state index contributed by atoms with van der Waals surface area (Å²) >= 11 is 0. The van der Waals surface area contributed by atoms with Crippen molar-refractivity contribution in [2.75, 3.05) is 6.61 Å². The van der Waals surface area contributed by atoms with Gasteiger partial charge in [0.15, 0.2) is 0 Å². The van der Waals surface area contributed by atoms with Crippen molar-refractivity contribution in [1.29, 1.82) is 0 Å². The highest BCUT2D eigenvalue weighted by molar-refractivity contribution is 5.35. The summed E-state index contributed by atoms with van der Waals surface area (Å²) in [5.74, 6) is 3.38. The van der Waals surface area contributed by atoms with Crippen LogP contribution < -0.4 is 14.8 Å². The van der Waals surface area contributed by atoms with E-state index >= 15 is 0 Å². The third-order valence-electron chi connectivity index (χ3n) is 4.48. The molecule has 3 aromatic carbocycles. The van der Waals surface area contributed by atoms with Crippen LogP contribution in [0.1, 0.15) is 22.7 Å². The Morgan fingerprint density at radius 2 is 1.52 bits per heavy atom. The minimum Gasteiger partial charge on any atom is -0.480 e. The Bertz CT molecular complexity index is 937. The minimum atomic E-state index is -2.84. The molecule has 0 saturated carbocycles. The van der Waals surface area contributed by atoms with E-state index in [2.05, 4.69) is 16.0 Å². The van der Waals surface area contributed by atoms with E-state index in [4.69, 9.17) is 11.2 Å². The smallest absolute Gasteiger partial charge is 0.387 e. The van der Waals surface area contributed by atoms with Gasteiger partial charge in [-0.25, -0.2) is 0 Å². The number of para-hydroxylation sites is 1. The SMILES string of the molecule is C#CCOc1ccccc1C[NH2+][C@@H](c1ccccc1)c1ccc(OC(F)F)cc1. The molecular weight excluding hydrogens is 372 g/mol. The number of nitrogens with two attached hydrogens (primary N) is 1. The number of benzene rings is 3. The third-order valence-corrected chi connectivity index (χ3v) is 4.48. The summed E-state index contributed by atoms with van der Waals surface area (Å²) < 4.78 is 35.0. The molecule has 0 amide bonds. The number of halogens is 2. The third kappa shape index (κ3) is 5.81. The average Bonchev–Trinajstić information content (AvgIpc) is 2.74. The molecule has 1 atom stereocenters. The quantitative estimate of drug-likeness (QED) is 0.554. The van der Waals surface area contributed by atoms with Crippen molar-refractivity contribution < 1.29 is 23.6 Å². The molecule has 5 heteroatoms. The number of rotatable bonds is 9. The molecule has 0 spiro atoms. The second-order valence-corrected chi connectivity index (χ2v) is 6.38. The predicted octanol–water partition coefficient (Wildman–Crippen LogP) is 4.15. The zero-order chi connectivity index (χ0) is 20.5. The highest BCUT2D eigenvalue weighted by atomic mass is 19.3. The molecule has 0 aliphatic carbocycles. The number of hydrogen-bond acceptors (Lipinski definition) is 2. The Hall–Kier alpha value is -3.36. The van der Waals surface area contributed by atoms with Gasteiger partial charge in [0, 0.05) is 16.7 Å². The van der Waals surface area contributed by atoms with Crippen molar-refractivity contribution in [3.05, 3.63) is 95.6 Å². The van der Waals surface area contributed by atoms with Gasteiger partial charge in [0.2, 0.25) is 0 Å². The summed E-state index contributed by atoms with van der Waals surface area (Å²) in [5, 5.41) is 2.18. The van der Waals surface area contributed by atoms with Crippen LogP contribution in [0.15, 0.2) is 78.9 Å². The Labute approximate surface area is 169 Å². The highest BCUT2D eigenvalue weighted by Crippen LogP contribution is 2.23. The van der Waals surface area contributed by atoms with E-state index in [0.29, 0.717) is 6.54 Å². The lowest BCUT2D eigenvalue weighted by molar-refractivity contribution is -0.702. The molecule has 29 heavy (non-hydrogen) atoms. The summed E-state index contributed by atoms with van der Waals surface area (Å²) in [4.78, 5) is 0. The molecule has 0 unspecified atom stereocenters. The van der Waals surface area contributed by atoms with Crippen LogP contribution in [-0.2, 0) is 6.54 Å². The van der Waals surface area contributed by atoms with E-state index in [1.54, 1.807) is 12.1 Å². The molecule has 148 valence electrons. The first-order valence-electron chi connectivity index (χ1n) is 9.24. The molecule has 0 fully saturated rings. The van der Waals surface area contributed by atoms with Crippen molar-refractivity contribution >= 4 is 0 Å². The van der Waals surface area contributed by atoms with E-state index in [0.717, 1.165) is 22.4 Å². The summed E-state index contributed by atoms with van der Waals surface area (Å²) in [5.41, 5.74) is 3.12. The maximum Gasteiger partial charge on any atom is 0.387 e. The fourth-order valence-corrected chi connectivity index (χ4v) is 3.16. The summed E-state index contributed by atoms with van der Waals surface area (Å²) in [6, 6.07) is 24.5.